The summed E-state index contributed by atoms with van der Waals surface area (Å²) in [5.74, 6) is 1.12. The minimum absolute atomic E-state index is 0.0714. The highest BCUT2D eigenvalue weighted by molar-refractivity contribution is 6.30. The molecule has 0 aliphatic carbocycles. The first-order chi connectivity index (χ1) is 18.0. The number of benzene rings is 3. The first-order valence-electron chi connectivity index (χ1n) is 12.1. The van der Waals surface area contributed by atoms with Crippen LogP contribution in [-0.2, 0) is 4.79 Å². The fourth-order valence-electron chi connectivity index (χ4n) is 4.24. The summed E-state index contributed by atoms with van der Waals surface area (Å²) < 4.78 is 5.80. The summed E-state index contributed by atoms with van der Waals surface area (Å²) in [4.78, 5) is 29.2. The molecule has 186 valence electrons. The fourth-order valence-corrected chi connectivity index (χ4v) is 4.37. The van der Waals surface area contributed by atoms with E-state index in [4.69, 9.17) is 16.0 Å². The SMILES string of the molecule is O=C(C=Cc1ccc(-c2ccc(Cl)cc2)o1)Nc1ccc(N2CCN(C(=O)c3ccccc3)CC2)cc1. The smallest absolute Gasteiger partial charge is 0.253 e. The van der Waals surface area contributed by atoms with Crippen LogP contribution in [0.5, 0.6) is 0 Å². The van der Waals surface area contributed by atoms with Gasteiger partial charge < -0.3 is 19.5 Å². The van der Waals surface area contributed by atoms with Crippen LogP contribution in [0, 0.1) is 0 Å². The van der Waals surface area contributed by atoms with E-state index in [-0.39, 0.29) is 11.8 Å². The van der Waals surface area contributed by atoms with Gasteiger partial charge in [0.05, 0.1) is 0 Å². The molecule has 2 heterocycles. The monoisotopic (exact) mass is 511 g/mol. The van der Waals surface area contributed by atoms with Gasteiger partial charge in [-0.1, -0.05) is 29.8 Å². The van der Waals surface area contributed by atoms with Crippen LogP contribution in [0.1, 0.15) is 16.1 Å². The zero-order valence-corrected chi connectivity index (χ0v) is 20.9. The molecule has 1 saturated heterocycles. The molecule has 1 N–H and O–H groups in total. The van der Waals surface area contributed by atoms with Gasteiger partial charge >= 0.3 is 0 Å². The molecule has 1 aliphatic rings. The second-order valence-corrected chi connectivity index (χ2v) is 9.16. The molecule has 0 saturated carbocycles. The maximum Gasteiger partial charge on any atom is 0.253 e. The van der Waals surface area contributed by atoms with E-state index in [1.165, 1.54) is 6.08 Å². The summed E-state index contributed by atoms with van der Waals surface area (Å²) in [5.41, 5.74) is 3.40. The minimum atomic E-state index is -0.245. The molecule has 0 radical (unpaired) electrons. The van der Waals surface area contributed by atoms with Gasteiger partial charge in [-0.3, -0.25) is 9.59 Å². The average Bonchev–Trinajstić information content (AvgIpc) is 3.42. The maximum absolute atomic E-state index is 12.7. The van der Waals surface area contributed by atoms with Crippen molar-refractivity contribution in [3.63, 3.8) is 0 Å². The van der Waals surface area contributed by atoms with Crippen molar-refractivity contribution in [2.24, 2.45) is 0 Å². The van der Waals surface area contributed by atoms with Crippen LogP contribution in [0.2, 0.25) is 5.02 Å². The van der Waals surface area contributed by atoms with Crippen LogP contribution in [0.3, 0.4) is 0 Å². The molecule has 1 aromatic heterocycles. The van der Waals surface area contributed by atoms with Crippen LogP contribution < -0.4 is 10.2 Å². The predicted molar refractivity (Wildman–Crippen MR) is 148 cm³/mol. The zero-order chi connectivity index (χ0) is 25.6. The molecule has 3 aromatic carbocycles. The molecule has 7 heteroatoms. The summed E-state index contributed by atoms with van der Waals surface area (Å²) in [6.45, 7) is 2.86. The van der Waals surface area contributed by atoms with E-state index in [1.807, 2.05) is 83.8 Å². The number of nitrogens with one attached hydrogen (secondary N) is 1. The molecule has 37 heavy (non-hydrogen) atoms. The number of furan rings is 1. The normalized spacial score (nSPS) is 13.6. The van der Waals surface area contributed by atoms with Crippen molar-refractivity contribution in [3.05, 3.63) is 113 Å². The highest BCUT2D eigenvalue weighted by atomic mass is 35.5. The van der Waals surface area contributed by atoms with Crippen LogP contribution in [-0.4, -0.2) is 42.9 Å². The summed E-state index contributed by atoms with van der Waals surface area (Å²) in [6.07, 6.45) is 3.08. The lowest BCUT2D eigenvalue weighted by atomic mass is 10.1. The number of rotatable bonds is 6. The molecule has 0 atom stereocenters. The lowest BCUT2D eigenvalue weighted by Gasteiger charge is -2.36. The number of halogens is 1. The van der Waals surface area contributed by atoms with Crippen LogP contribution in [0.15, 0.2) is 101 Å². The molecule has 6 nitrogen and oxygen atoms in total. The Kier molecular flexibility index (Phi) is 7.38. The summed E-state index contributed by atoms with van der Waals surface area (Å²) in [7, 11) is 0. The quantitative estimate of drug-likeness (QED) is 0.312. The van der Waals surface area contributed by atoms with Crippen molar-refractivity contribution in [2.45, 2.75) is 0 Å². The number of hydrogen-bond donors (Lipinski definition) is 1. The molecule has 1 fully saturated rings. The van der Waals surface area contributed by atoms with E-state index in [2.05, 4.69) is 10.2 Å². The van der Waals surface area contributed by atoms with Gasteiger partial charge in [-0.05, 0) is 78.9 Å². The fraction of sp³-hybridized carbons (Fsp3) is 0.133. The first kappa shape index (κ1) is 24.4. The minimum Gasteiger partial charge on any atom is -0.457 e. The van der Waals surface area contributed by atoms with Crippen molar-refractivity contribution in [3.8, 4) is 11.3 Å². The van der Waals surface area contributed by atoms with Gasteiger partial charge in [0.2, 0.25) is 5.91 Å². The van der Waals surface area contributed by atoms with E-state index >= 15 is 0 Å². The van der Waals surface area contributed by atoms with E-state index in [0.29, 0.717) is 35.3 Å². The molecular formula is C30H26ClN3O3. The third-order valence-electron chi connectivity index (χ3n) is 6.24. The molecular weight excluding hydrogens is 486 g/mol. The van der Waals surface area contributed by atoms with Crippen molar-refractivity contribution in [1.29, 1.82) is 0 Å². The number of carbonyl (C=O) groups excluding carboxylic acids is 2. The second-order valence-electron chi connectivity index (χ2n) is 8.72. The Bertz CT molecular complexity index is 1390. The zero-order valence-electron chi connectivity index (χ0n) is 20.1. The standard InChI is InChI=1S/C30H26ClN3O3/c31-24-8-6-22(7-9-24)28-16-14-27(37-28)15-17-29(35)32-25-10-12-26(13-11-25)33-18-20-34(21-19-33)30(36)23-4-2-1-3-5-23/h1-17H,18-21H2,(H,32,35). The molecule has 4 aromatic rings. The second kappa shape index (κ2) is 11.2. The van der Waals surface area contributed by atoms with E-state index in [1.54, 1.807) is 18.2 Å². The topological polar surface area (TPSA) is 65.8 Å². The number of anilines is 2. The maximum atomic E-state index is 12.7. The van der Waals surface area contributed by atoms with Crippen LogP contribution in [0.4, 0.5) is 11.4 Å². The molecule has 0 spiro atoms. The van der Waals surface area contributed by atoms with Gasteiger partial charge in [0.15, 0.2) is 0 Å². The van der Waals surface area contributed by atoms with E-state index < -0.39 is 0 Å². The highest BCUT2D eigenvalue weighted by Gasteiger charge is 2.22. The predicted octanol–water partition coefficient (Wildman–Crippen LogP) is 6.21. The Hall–Kier alpha value is -4.29. The van der Waals surface area contributed by atoms with Gasteiger partial charge in [-0.15, -0.1) is 0 Å². The summed E-state index contributed by atoms with van der Waals surface area (Å²) in [6, 6.07) is 28.2. The molecule has 0 unspecified atom stereocenters. The summed E-state index contributed by atoms with van der Waals surface area (Å²) in [5, 5.41) is 3.54. The van der Waals surface area contributed by atoms with Crippen molar-refractivity contribution in [2.75, 3.05) is 36.4 Å². The Balaban J connectivity index is 1.12. The molecule has 2 amide bonds. The average molecular weight is 512 g/mol. The van der Waals surface area contributed by atoms with Gasteiger partial charge in [0, 0.05) is 59.8 Å². The number of hydrogen-bond acceptors (Lipinski definition) is 4. The van der Waals surface area contributed by atoms with E-state index in [9.17, 15) is 9.59 Å². The van der Waals surface area contributed by atoms with Gasteiger partial charge in [-0.25, -0.2) is 0 Å². The summed E-state index contributed by atoms with van der Waals surface area (Å²) >= 11 is 5.94. The highest BCUT2D eigenvalue weighted by Crippen LogP contribution is 2.25. The Morgan fingerprint density at radius 2 is 1.51 bits per heavy atom. The third kappa shape index (κ3) is 6.11. The Morgan fingerprint density at radius 1 is 0.811 bits per heavy atom. The lowest BCUT2D eigenvalue weighted by molar-refractivity contribution is -0.111. The first-order valence-corrected chi connectivity index (χ1v) is 12.5. The van der Waals surface area contributed by atoms with Crippen LogP contribution in [0.25, 0.3) is 17.4 Å². The van der Waals surface area contributed by atoms with Crippen molar-refractivity contribution in [1.82, 2.24) is 4.90 Å². The third-order valence-corrected chi connectivity index (χ3v) is 6.49. The van der Waals surface area contributed by atoms with Crippen LogP contribution >= 0.6 is 11.6 Å². The number of amides is 2. The lowest BCUT2D eigenvalue weighted by Crippen LogP contribution is -2.48. The van der Waals surface area contributed by atoms with E-state index in [0.717, 1.165) is 29.9 Å². The van der Waals surface area contributed by atoms with Crippen molar-refractivity contribution >= 4 is 40.9 Å². The molecule has 5 rings (SSSR count). The molecule has 0 bridgehead atoms. The number of carbonyl (C=O) groups is 2. The number of nitrogens with zero attached hydrogens (tertiary/aromatic N) is 2. The molecule has 1 aliphatic heterocycles. The Morgan fingerprint density at radius 3 is 2.22 bits per heavy atom. The van der Waals surface area contributed by atoms with Gasteiger partial charge in [-0.2, -0.15) is 0 Å². The largest absolute Gasteiger partial charge is 0.457 e. The van der Waals surface area contributed by atoms with Gasteiger partial charge in [0.25, 0.3) is 5.91 Å². The Labute approximate surface area is 220 Å². The van der Waals surface area contributed by atoms with Crippen molar-refractivity contribution < 1.29 is 14.0 Å². The number of piperazine rings is 1. The van der Waals surface area contributed by atoms with Gasteiger partial charge in [0.1, 0.15) is 11.5 Å².